The molecule has 1 amide bonds. The maximum absolute atomic E-state index is 13.4. The number of hydrazone groups is 1. The summed E-state index contributed by atoms with van der Waals surface area (Å²) in [4.78, 5) is 15.6. The van der Waals surface area contributed by atoms with Gasteiger partial charge in [0.1, 0.15) is 0 Å². The molecule has 0 aromatic heterocycles. The average Bonchev–Trinajstić information content (AvgIpc) is 3.45. The van der Waals surface area contributed by atoms with Crippen molar-refractivity contribution >= 4 is 11.6 Å². The number of hydrogen-bond acceptors (Lipinski definition) is 5. The highest BCUT2D eigenvalue weighted by atomic mass is 16.7. The number of carbonyl (C=O) groups is 1. The van der Waals surface area contributed by atoms with Crippen molar-refractivity contribution in [2.75, 3.05) is 32.8 Å². The number of nitrogens with zero attached hydrogens (tertiary/aromatic N) is 3. The average molecular weight is 420 g/mol. The summed E-state index contributed by atoms with van der Waals surface area (Å²) in [6.45, 7) is 5.37. The highest BCUT2D eigenvalue weighted by Crippen LogP contribution is 2.34. The first-order chi connectivity index (χ1) is 15.1. The largest absolute Gasteiger partial charge is 0.347 e. The SMILES string of the molecule is Cc1ccc(C2=NN(C(=O)CN3CCC4(CC3)OCCO4)[C@@H](c3ccccc3)C2)cc1. The molecule has 6 nitrogen and oxygen atoms in total. The van der Waals surface area contributed by atoms with Gasteiger partial charge in [0, 0.05) is 32.4 Å². The first kappa shape index (κ1) is 20.4. The Kier molecular flexibility index (Phi) is 5.61. The van der Waals surface area contributed by atoms with Crippen LogP contribution in [0.2, 0.25) is 0 Å². The van der Waals surface area contributed by atoms with Crippen molar-refractivity contribution in [3.8, 4) is 0 Å². The van der Waals surface area contributed by atoms with Crippen LogP contribution in [-0.2, 0) is 14.3 Å². The van der Waals surface area contributed by atoms with Gasteiger partial charge >= 0.3 is 0 Å². The fraction of sp³-hybridized carbons (Fsp3) is 0.440. The van der Waals surface area contributed by atoms with Gasteiger partial charge in [0.2, 0.25) is 0 Å². The second kappa shape index (κ2) is 8.54. The molecule has 31 heavy (non-hydrogen) atoms. The third-order valence-electron chi connectivity index (χ3n) is 6.53. The Balaban J connectivity index is 1.32. The predicted molar refractivity (Wildman–Crippen MR) is 119 cm³/mol. The van der Waals surface area contributed by atoms with E-state index in [-0.39, 0.29) is 11.9 Å². The van der Waals surface area contributed by atoms with E-state index < -0.39 is 5.79 Å². The van der Waals surface area contributed by atoms with Gasteiger partial charge in [-0.05, 0) is 18.1 Å². The van der Waals surface area contributed by atoms with Gasteiger partial charge in [-0.2, -0.15) is 5.10 Å². The molecule has 2 aromatic rings. The van der Waals surface area contributed by atoms with Crippen molar-refractivity contribution in [2.45, 2.75) is 38.0 Å². The van der Waals surface area contributed by atoms with Crippen LogP contribution in [-0.4, -0.2) is 60.2 Å². The fourth-order valence-electron chi connectivity index (χ4n) is 4.70. The molecule has 0 aliphatic carbocycles. The summed E-state index contributed by atoms with van der Waals surface area (Å²) >= 11 is 0. The third kappa shape index (κ3) is 4.28. The van der Waals surface area contributed by atoms with Crippen LogP contribution < -0.4 is 0 Å². The number of amides is 1. The molecule has 5 rings (SSSR count). The molecule has 0 unspecified atom stereocenters. The van der Waals surface area contributed by atoms with E-state index in [9.17, 15) is 4.79 Å². The Hall–Kier alpha value is -2.54. The van der Waals surface area contributed by atoms with Crippen LogP contribution in [0.15, 0.2) is 59.7 Å². The van der Waals surface area contributed by atoms with E-state index in [0.29, 0.717) is 19.8 Å². The smallest absolute Gasteiger partial charge is 0.257 e. The molecule has 0 N–H and O–H groups in total. The van der Waals surface area contributed by atoms with Crippen LogP contribution >= 0.6 is 0 Å². The van der Waals surface area contributed by atoms with Crippen LogP contribution in [0.1, 0.15) is 42.0 Å². The molecule has 3 heterocycles. The van der Waals surface area contributed by atoms with Gasteiger partial charge in [-0.3, -0.25) is 9.69 Å². The van der Waals surface area contributed by atoms with E-state index in [1.807, 2.05) is 18.2 Å². The van der Waals surface area contributed by atoms with Crippen molar-refractivity contribution in [3.05, 3.63) is 71.3 Å². The number of ether oxygens (including phenoxy) is 2. The Morgan fingerprint density at radius 2 is 1.71 bits per heavy atom. The first-order valence-electron chi connectivity index (χ1n) is 11.1. The summed E-state index contributed by atoms with van der Waals surface area (Å²) < 4.78 is 11.6. The van der Waals surface area contributed by atoms with Gasteiger partial charge in [0.15, 0.2) is 5.79 Å². The molecule has 3 aliphatic heterocycles. The Morgan fingerprint density at radius 1 is 1.03 bits per heavy atom. The standard InChI is InChI=1S/C25H29N3O3/c1-19-7-9-20(10-8-19)22-17-23(21-5-3-2-4-6-21)28(26-22)24(29)18-27-13-11-25(12-14-27)30-15-16-31-25/h2-10,23H,11-18H2,1H3/t23-/m1/s1. The van der Waals surface area contributed by atoms with Crippen LogP contribution in [0.25, 0.3) is 0 Å². The molecule has 3 aliphatic rings. The molecule has 162 valence electrons. The molecule has 2 fully saturated rings. The summed E-state index contributed by atoms with van der Waals surface area (Å²) in [5.41, 5.74) is 4.38. The first-order valence-corrected chi connectivity index (χ1v) is 11.1. The molecule has 6 heteroatoms. The number of aryl methyl sites for hydroxylation is 1. The van der Waals surface area contributed by atoms with Crippen LogP contribution in [0.4, 0.5) is 0 Å². The second-order valence-electron chi connectivity index (χ2n) is 8.67. The van der Waals surface area contributed by atoms with Gasteiger partial charge in [0.05, 0.1) is 31.5 Å². The monoisotopic (exact) mass is 419 g/mol. The maximum atomic E-state index is 13.4. The predicted octanol–water partition coefficient (Wildman–Crippen LogP) is 3.51. The number of likely N-dealkylation sites (tertiary alicyclic amines) is 1. The molecule has 2 saturated heterocycles. The maximum Gasteiger partial charge on any atom is 0.257 e. The zero-order valence-corrected chi connectivity index (χ0v) is 18.0. The normalized spacial score (nSPS) is 23.3. The minimum atomic E-state index is -0.420. The Labute approximate surface area is 183 Å². The van der Waals surface area contributed by atoms with Crippen molar-refractivity contribution in [1.29, 1.82) is 0 Å². The van der Waals surface area contributed by atoms with Gasteiger partial charge in [-0.15, -0.1) is 0 Å². The topological polar surface area (TPSA) is 54.4 Å². The van der Waals surface area contributed by atoms with Crippen LogP contribution in [0, 0.1) is 6.92 Å². The minimum absolute atomic E-state index is 0.0418. The van der Waals surface area contributed by atoms with E-state index in [4.69, 9.17) is 14.6 Å². The molecular formula is C25H29N3O3. The van der Waals surface area contributed by atoms with E-state index in [1.54, 1.807) is 5.01 Å². The number of benzene rings is 2. The zero-order chi connectivity index (χ0) is 21.3. The summed E-state index contributed by atoms with van der Waals surface area (Å²) in [5.74, 6) is -0.378. The lowest BCUT2D eigenvalue weighted by Gasteiger charge is -2.37. The second-order valence-corrected chi connectivity index (χ2v) is 8.67. The van der Waals surface area contributed by atoms with Crippen molar-refractivity contribution in [2.24, 2.45) is 5.10 Å². The summed E-state index contributed by atoms with van der Waals surface area (Å²) in [5, 5.41) is 6.51. The van der Waals surface area contributed by atoms with E-state index >= 15 is 0 Å². The van der Waals surface area contributed by atoms with E-state index in [1.165, 1.54) is 5.56 Å². The summed E-state index contributed by atoms with van der Waals surface area (Å²) in [6, 6.07) is 18.5. The van der Waals surface area contributed by atoms with E-state index in [2.05, 4.69) is 48.2 Å². The van der Waals surface area contributed by atoms with Crippen molar-refractivity contribution in [1.82, 2.24) is 9.91 Å². The highest BCUT2D eigenvalue weighted by molar-refractivity contribution is 6.03. The Morgan fingerprint density at radius 3 is 2.39 bits per heavy atom. The van der Waals surface area contributed by atoms with Crippen LogP contribution in [0.3, 0.4) is 0 Å². The lowest BCUT2D eigenvalue weighted by atomic mass is 9.98. The van der Waals surface area contributed by atoms with Gasteiger partial charge in [-0.25, -0.2) is 5.01 Å². The summed E-state index contributed by atoms with van der Waals surface area (Å²) in [6.07, 6.45) is 2.34. The Bertz CT molecular complexity index is 942. The molecule has 0 radical (unpaired) electrons. The number of hydrogen-bond donors (Lipinski definition) is 0. The van der Waals surface area contributed by atoms with E-state index in [0.717, 1.165) is 49.2 Å². The quantitative estimate of drug-likeness (QED) is 0.761. The zero-order valence-electron chi connectivity index (χ0n) is 18.0. The molecule has 0 bridgehead atoms. The van der Waals surface area contributed by atoms with Gasteiger partial charge < -0.3 is 9.47 Å². The number of carbonyl (C=O) groups excluding carboxylic acids is 1. The van der Waals surface area contributed by atoms with Gasteiger partial charge in [-0.1, -0.05) is 60.2 Å². The van der Waals surface area contributed by atoms with Crippen molar-refractivity contribution < 1.29 is 14.3 Å². The highest BCUT2D eigenvalue weighted by Gasteiger charge is 2.41. The summed E-state index contributed by atoms with van der Waals surface area (Å²) in [7, 11) is 0. The molecule has 0 saturated carbocycles. The van der Waals surface area contributed by atoms with Crippen molar-refractivity contribution in [3.63, 3.8) is 0 Å². The number of rotatable bonds is 4. The van der Waals surface area contributed by atoms with Crippen LogP contribution in [0.5, 0.6) is 0 Å². The lowest BCUT2D eigenvalue weighted by Crippen LogP contribution is -2.48. The third-order valence-corrected chi connectivity index (χ3v) is 6.53. The fourth-order valence-corrected chi connectivity index (χ4v) is 4.70. The molecular weight excluding hydrogens is 390 g/mol. The molecule has 1 spiro atoms. The lowest BCUT2D eigenvalue weighted by molar-refractivity contribution is -0.186. The number of piperidine rings is 1. The molecule has 1 atom stereocenters. The van der Waals surface area contributed by atoms with Gasteiger partial charge in [0.25, 0.3) is 5.91 Å². The molecule has 2 aromatic carbocycles. The minimum Gasteiger partial charge on any atom is -0.347 e.